The number of aliphatic hydroxyl groups is 1. The van der Waals surface area contributed by atoms with Crippen LogP contribution < -0.4 is 5.32 Å². The van der Waals surface area contributed by atoms with Crippen molar-refractivity contribution >= 4 is 33.4 Å². The van der Waals surface area contributed by atoms with Crippen molar-refractivity contribution in [2.45, 2.75) is 32.2 Å². The second-order valence-corrected chi connectivity index (χ2v) is 5.43. The molecule has 1 aromatic carbocycles. The summed E-state index contributed by atoms with van der Waals surface area (Å²) < 4.78 is 0.680. The van der Waals surface area contributed by atoms with Crippen molar-refractivity contribution in [1.29, 1.82) is 0 Å². The van der Waals surface area contributed by atoms with Crippen molar-refractivity contribution in [1.82, 2.24) is 5.32 Å². The Morgan fingerprint density at radius 1 is 1.44 bits per heavy atom. The summed E-state index contributed by atoms with van der Waals surface area (Å²) in [6.07, 6.45) is 1.33. The summed E-state index contributed by atoms with van der Waals surface area (Å²) in [7, 11) is 0. The van der Waals surface area contributed by atoms with Crippen LogP contribution in [0.25, 0.3) is 0 Å². The van der Waals surface area contributed by atoms with E-state index in [9.17, 15) is 9.90 Å². The van der Waals surface area contributed by atoms with Crippen LogP contribution in [0.5, 0.6) is 0 Å². The lowest BCUT2D eigenvalue weighted by Crippen LogP contribution is -2.50. The monoisotopic (exact) mass is 333 g/mol. The molecule has 0 aliphatic heterocycles. The molecule has 1 amide bonds. The van der Waals surface area contributed by atoms with E-state index < -0.39 is 5.54 Å². The van der Waals surface area contributed by atoms with Crippen LogP contribution in [0.1, 0.15) is 37.0 Å². The van der Waals surface area contributed by atoms with Crippen molar-refractivity contribution in [3.8, 4) is 0 Å². The van der Waals surface area contributed by atoms with E-state index >= 15 is 0 Å². The van der Waals surface area contributed by atoms with Gasteiger partial charge in [0.25, 0.3) is 5.91 Å². The lowest BCUT2D eigenvalue weighted by Gasteiger charge is -2.30. The number of hydrogen-bond donors (Lipinski definition) is 2. The first-order valence-corrected chi connectivity index (χ1v) is 7.04. The van der Waals surface area contributed by atoms with E-state index in [-0.39, 0.29) is 12.5 Å². The van der Waals surface area contributed by atoms with Gasteiger partial charge < -0.3 is 10.4 Å². The molecule has 1 rings (SSSR count). The predicted molar refractivity (Wildman–Crippen MR) is 77.0 cm³/mol. The van der Waals surface area contributed by atoms with Gasteiger partial charge in [0, 0.05) is 4.47 Å². The van der Waals surface area contributed by atoms with E-state index in [1.165, 1.54) is 0 Å². The zero-order valence-electron chi connectivity index (χ0n) is 10.5. The van der Waals surface area contributed by atoms with Crippen LogP contribution in [0.2, 0.25) is 5.02 Å². The normalized spacial score (nSPS) is 11.4. The van der Waals surface area contributed by atoms with E-state index in [1.807, 2.05) is 13.8 Å². The molecule has 0 spiro atoms. The summed E-state index contributed by atoms with van der Waals surface area (Å²) in [5, 5.41) is 12.7. The van der Waals surface area contributed by atoms with Gasteiger partial charge in [0.1, 0.15) is 0 Å². The molecule has 3 nitrogen and oxygen atoms in total. The molecule has 0 saturated carbocycles. The summed E-state index contributed by atoms with van der Waals surface area (Å²) in [5.74, 6) is -0.265. The predicted octanol–water partition coefficient (Wildman–Crippen LogP) is 3.38. The molecule has 18 heavy (non-hydrogen) atoms. The van der Waals surface area contributed by atoms with Gasteiger partial charge in [0.2, 0.25) is 0 Å². The van der Waals surface area contributed by atoms with Crippen LogP contribution in [0.4, 0.5) is 0 Å². The van der Waals surface area contributed by atoms with Gasteiger partial charge in [0.05, 0.1) is 22.7 Å². The first-order chi connectivity index (χ1) is 8.49. The van der Waals surface area contributed by atoms with Gasteiger partial charge >= 0.3 is 0 Å². The van der Waals surface area contributed by atoms with Crippen molar-refractivity contribution < 1.29 is 9.90 Å². The summed E-state index contributed by atoms with van der Waals surface area (Å²) in [6, 6.07) is 5.19. The molecule has 0 atom stereocenters. The fourth-order valence-electron chi connectivity index (χ4n) is 1.68. The van der Waals surface area contributed by atoms with Crippen LogP contribution in [-0.4, -0.2) is 23.2 Å². The average molecular weight is 335 g/mol. The maximum Gasteiger partial charge on any atom is 0.253 e. The van der Waals surface area contributed by atoms with E-state index in [1.54, 1.807) is 18.2 Å². The van der Waals surface area contributed by atoms with Crippen molar-refractivity contribution in [2.24, 2.45) is 0 Å². The van der Waals surface area contributed by atoms with E-state index in [4.69, 9.17) is 11.6 Å². The number of nitrogens with one attached hydrogen (secondary N) is 1. The molecule has 0 aliphatic rings. The third-order valence-corrected chi connectivity index (χ3v) is 4.53. The molecule has 0 aromatic heterocycles. The molecule has 0 radical (unpaired) electrons. The Hall–Kier alpha value is -0.580. The SMILES string of the molecule is CCC(CC)(CO)NC(=O)c1cccc(Br)c1Cl. The summed E-state index contributed by atoms with van der Waals surface area (Å²) in [6.45, 7) is 3.78. The Bertz CT molecular complexity index is 425. The maximum absolute atomic E-state index is 12.2. The van der Waals surface area contributed by atoms with Crippen molar-refractivity contribution in [3.05, 3.63) is 33.3 Å². The molecule has 1 aromatic rings. The largest absolute Gasteiger partial charge is 0.394 e. The molecule has 0 fully saturated rings. The van der Waals surface area contributed by atoms with Gasteiger partial charge in [-0.1, -0.05) is 31.5 Å². The quantitative estimate of drug-likeness (QED) is 0.867. The highest BCUT2D eigenvalue weighted by atomic mass is 79.9. The molecule has 0 saturated heterocycles. The molecule has 100 valence electrons. The number of aliphatic hydroxyl groups excluding tert-OH is 1. The fraction of sp³-hybridized carbons (Fsp3) is 0.462. The van der Waals surface area contributed by atoms with Crippen LogP contribution >= 0.6 is 27.5 Å². The number of hydrogen-bond acceptors (Lipinski definition) is 2. The molecule has 0 heterocycles. The minimum Gasteiger partial charge on any atom is -0.394 e. The fourth-order valence-corrected chi connectivity index (χ4v) is 2.26. The molecule has 5 heteroatoms. The summed E-state index contributed by atoms with van der Waals surface area (Å²) in [5.41, 5.74) is -0.173. The standard InChI is InChI=1S/C13H17BrClNO2/c1-3-13(4-2,8-17)16-12(18)9-6-5-7-10(14)11(9)15/h5-7,17H,3-4,8H2,1-2H3,(H,16,18). The maximum atomic E-state index is 12.2. The highest BCUT2D eigenvalue weighted by molar-refractivity contribution is 9.10. The van der Waals surface area contributed by atoms with Gasteiger partial charge in [-0.3, -0.25) is 4.79 Å². The second kappa shape index (κ2) is 6.55. The van der Waals surface area contributed by atoms with Crippen LogP contribution in [0, 0.1) is 0 Å². The first-order valence-electron chi connectivity index (χ1n) is 5.87. The molecule has 0 aliphatic carbocycles. The minimum absolute atomic E-state index is 0.0860. The second-order valence-electron chi connectivity index (χ2n) is 4.20. The zero-order chi connectivity index (χ0) is 13.8. The highest BCUT2D eigenvalue weighted by Crippen LogP contribution is 2.26. The lowest BCUT2D eigenvalue weighted by molar-refractivity contribution is 0.0818. The number of carbonyl (C=O) groups excluding carboxylic acids is 1. The number of benzene rings is 1. The number of rotatable bonds is 5. The molecular weight excluding hydrogens is 318 g/mol. The van der Waals surface area contributed by atoms with Crippen LogP contribution in [0.3, 0.4) is 0 Å². The zero-order valence-corrected chi connectivity index (χ0v) is 12.8. The number of halogens is 2. The van der Waals surface area contributed by atoms with E-state index in [0.29, 0.717) is 27.9 Å². The Kier molecular flexibility index (Phi) is 5.63. The Morgan fingerprint density at radius 3 is 2.56 bits per heavy atom. The van der Waals surface area contributed by atoms with Gasteiger partial charge in [0.15, 0.2) is 0 Å². The average Bonchev–Trinajstić information content (AvgIpc) is 2.39. The number of carbonyl (C=O) groups is 1. The van der Waals surface area contributed by atoms with Gasteiger partial charge in [-0.05, 0) is 40.9 Å². The molecule has 2 N–H and O–H groups in total. The van der Waals surface area contributed by atoms with Crippen molar-refractivity contribution in [2.75, 3.05) is 6.61 Å². The third kappa shape index (κ3) is 3.25. The molecular formula is C13H17BrClNO2. The Labute approximate surface area is 121 Å². The van der Waals surface area contributed by atoms with Gasteiger partial charge in [-0.25, -0.2) is 0 Å². The van der Waals surface area contributed by atoms with Crippen LogP contribution in [-0.2, 0) is 0 Å². The van der Waals surface area contributed by atoms with E-state index in [2.05, 4.69) is 21.2 Å². The summed E-state index contributed by atoms with van der Waals surface area (Å²) in [4.78, 5) is 12.2. The minimum atomic E-state index is -0.581. The van der Waals surface area contributed by atoms with E-state index in [0.717, 1.165) is 0 Å². The molecule has 0 unspecified atom stereocenters. The third-order valence-electron chi connectivity index (χ3n) is 3.23. The number of amides is 1. The van der Waals surface area contributed by atoms with Gasteiger partial charge in [-0.15, -0.1) is 0 Å². The Morgan fingerprint density at radius 2 is 2.06 bits per heavy atom. The first kappa shape index (κ1) is 15.5. The molecule has 0 bridgehead atoms. The Balaban J connectivity index is 2.98. The summed E-state index contributed by atoms with van der Waals surface area (Å²) >= 11 is 9.36. The van der Waals surface area contributed by atoms with Crippen molar-refractivity contribution in [3.63, 3.8) is 0 Å². The van der Waals surface area contributed by atoms with Crippen LogP contribution in [0.15, 0.2) is 22.7 Å². The van der Waals surface area contributed by atoms with Gasteiger partial charge in [-0.2, -0.15) is 0 Å². The lowest BCUT2D eigenvalue weighted by atomic mass is 9.93. The smallest absolute Gasteiger partial charge is 0.253 e. The highest BCUT2D eigenvalue weighted by Gasteiger charge is 2.28. The topological polar surface area (TPSA) is 49.3 Å².